The number of likely N-dealkylation sites (N-methyl/N-ethyl adjacent to an activating group) is 1. The summed E-state index contributed by atoms with van der Waals surface area (Å²) in [6.45, 7) is 2.75. The van der Waals surface area contributed by atoms with E-state index >= 15 is 0 Å². The van der Waals surface area contributed by atoms with E-state index in [4.69, 9.17) is 27.9 Å². The van der Waals surface area contributed by atoms with Crippen LogP contribution in [0.15, 0.2) is 42.5 Å². The van der Waals surface area contributed by atoms with Gasteiger partial charge in [0, 0.05) is 0 Å². The number of halogens is 2. The Balaban J connectivity index is 1.94. The smallest absolute Gasteiger partial charge is 0.279 e. The summed E-state index contributed by atoms with van der Waals surface area (Å²) in [5.41, 5.74) is 0.965. The zero-order chi connectivity index (χ0) is 19.8. The molecule has 0 aliphatic rings. The lowest BCUT2D eigenvalue weighted by molar-refractivity contribution is -0.881. The van der Waals surface area contributed by atoms with E-state index in [9.17, 15) is 9.59 Å². The molecule has 0 spiro atoms. The lowest BCUT2D eigenvalue weighted by Gasteiger charge is -2.18. The van der Waals surface area contributed by atoms with Gasteiger partial charge in [-0.15, -0.1) is 0 Å². The third-order valence-corrected chi connectivity index (χ3v) is 4.56. The van der Waals surface area contributed by atoms with Gasteiger partial charge in [-0.2, -0.15) is 0 Å². The van der Waals surface area contributed by atoms with Crippen molar-refractivity contribution in [1.82, 2.24) is 0 Å². The van der Waals surface area contributed by atoms with Crippen molar-refractivity contribution in [2.45, 2.75) is 6.92 Å². The monoisotopic (exact) mass is 410 g/mol. The third-order valence-electron chi connectivity index (χ3n) is 3.93. The number of carbonyl (C=O) groups is 2. The van der Waals surface area contributed by atoms with E-state index in [1.54, 1.807) is 37.4 Å². The van der Waals surface area contributed by atoms with Crippen molar-refractivity contribution in [3.63, 3.8) is 0 Å². The van der Waals surface area contributed by atoms with Gasteiger partial charge in [0.1, 0.15) is 5.75 Å². The van der Waals surface area contributed by atoms with E-state index < -0.39 is 0 Å². The first-order chi connectivity index (χ1) is 12.9. The molecule has 8 heteroatoms. The van der Waals surface area contributed by atoms with Crippen molar-refractivity contribution >= 4 is 46.4 Å². The molecule has 144 valence electrons. The van der Waals surface area contributed by atoms with Crippen LogP contribution in [-0.2, 0) is 9.59 Å². The van der Waals surface area contributed by atoms with Gasteiger partial charge in [0.15, 0.2) is 13.1 Å². The van der Waals surface area contributed by atoms with E-state index in [1.807, 2.05) is 19.1 Å². The van der Waals surface area contributed by atoms with E-state index in [0.717, 1.165) is 4.90 Å². The minimum atomic E-state index is -0.271. The summed E-state index contributed by atoms with van der Waals surface area (Å²) in [6, 6.07) is 12.1. The molecular formula is C19H22Cl2N3O3+. The van der Waals surface area contributed by atoms with Crippen LogP contribution in [0.25, 0.3) is 0 Å². The number of ether oxygens (including phenoxy) is 1. The number of quaternary nitrogens is 1. The molecule has 0 aliphatic carbocycles. The average molecular weight is 411 g/mol. The summed E-state index contributed by atoms with van der Waals surface area (Å²) < 4.78 is 5.22. The lowest BCUT2D eigenvalue weighted by Crippen LogP contribution is -3.13. The van der Waals surface area contributed by atoms with E-state index in [-0.39, 0.29) is 24.9 Å². The molecule has 0 bridgehead atoms. The highest BCUT2D eigenvalue weighted by Gasteiger charge is 2.19. The number of rotatable bonds is 8. The Kier molecular flexibility index (Phi) is 7.91. The van der Waals surface area contributed by atoms with E-state index in [0.29, 0.717) is 33.7 Å². The Labute approximate surface area is 168 Å². The molecule has 1 atom stereocenters. The highest BCUT2D eigenvalue weighted by atomic mass is 35.5. The summed E-state index contributed by atoms with van der Waals surface area (Å²) in [7, 11) is 1.54. The molecule has 0 radical (unpaired) electrons. The standard InChI is InChI=1S/C19H21Cl2N3O3/c1-3-24(11-17(25)22-15-9-4-5-10-16(15)27-2)12-18(26)23-19-13(20)7-6-8-14(19)21/h4-10H,3,11-12H2,1-2H3,(H,22,25)(H,23,26)/p+1. The van der Waals surface area contributed by atoms with Crippen LogP contribution in [-0.4, -0.2) is 38.6 Å². The van der Waals surface area contributed by atoms with Crippen molar-refractivity contribution in [2.24, 2.45) is 0 Å². The van der Waals surface area contributed by atoms with Gasteiger partial charge < -0.3 is 20.3 Å². The summed E-state index contributed by atoms with van der Waals surface area (Å²) in [6.07, 6.45) is 0. The number of anilines is 2. The van der Waals surface area contributed by atoms with Crippen LogP contribution in [0.1, 0.15) is 6.92 Å². The molecule has 0 aromatic heterocycles. The summed E-state index contributed by atoms with van der Waals surface area (Å²) in [5, 5.41) is 6.25. The number of hydrogen-bond acceptors (Lipinski definition) is 3. The van der Waals surface area contributed by atoms with Gasteiger partial charge in [-0.3, -0.25) is 9.59 Å². The Morgan fingerprint density at radius 3 is 2.15 bits per heavy atom. The number of nitrogens with one attached hydrogen (secondary N) is 3. The number of carbonyl (C=O) groups excluding carboxylic acids is 2. The van der Waals surface area contributed by atoms with Gasteiger partial charge in [-0.25, -0.2) is 0 Å². The molecule has 6 nitrogen and oxygen atoms in total. The zero-order valence-electron chi connectivity index (χ0n) is 15.1. The molecule has 0 heterocycles. The van der Waals surface area contributed by atoms with Gasteiger partial charge in [0.25, 0.3) is 11.8 Å². The van der Waals surface area contributed by atoms with Crippen molar-refractivity contribution in [1.29, 1.82) is 0 Å². The Bertz CT molecular complexity index is 794. The fourth-order valence-electron chi connectivity index (χ4n) is 2.51. The predicted molar refractivity (Wildman–Crippen MR) is 108 cm³/mol. The molecule has 27 heavy (non-hydrogen) atoms. The maximum Gasteiger partial charge on any atom is 0.279 e. The van der Waals surface area contributed by atoms with Crippen molar-refractivity contribution in [3.8, 4) is 5.75 Å². The molecule has 2 rings (SSSR count). The fourth-order valence-corrected chi connectivity index (χ4v) is 3.00. The number of methoxy groups -OCH3 is 1. The minimum Gasteiger partial charge on any atom is -0.495 e. The Morgan fingerprint density at radius 1 is 0.963 bits per heavy atom. The highest BCUT2D eigenvalue weighted by Crippen LogP contribution is 2.29. The predicted octanol–water partition coefficient (Wildman–Crippen LogP) is 2.48. The van der Waals surface area contributed by atoms with Crippen molar-refractivity contribution in [3.05, 3.63) is 52.5 Å². The second kappa shape index (κ2) is 10.2. The molecule has 0 aliphatic heterocycles. The molecule has 0 saturated heterocycles. The Morgan fingerprint density at radius 2 is 1.56 bits per heavy atom. The molecule has 3 N–H and O–H groups in total. The maximum absolute atomic E-state index is 12.3. The number of benzene rings is 2. The van der Waals surface area contributed by atoms with Crippen molar-refractivity contribution < 1.29 is 19.2 Å². The van der Waals surface area contributed by atoms with Crippen LogP contribution in [0.2, 0.25) is 10.0 Å². The molecule has 2 amide bonds. The molecule has 1 unspecified atom stereocenters. The van der Waals surface area contributed by atoms with E-state index in [1.165, 1.54) is 0 Å². The summed E-state index contributed by atoms with van der Waals surface area (Å²) in [4.78, 5) is 25.5. The SMILES string of the molecule is CC[NH+](CC(=O)Nc1ccccc1OC)CC(=O)Nc1c(Cl)cccc1Cl. The normalized spacial score (nSPS) is 11.6. The minimum absolute atomic E-state index is 0.109. The van der Waals surface area contributed by atoms with Gasteiger partial charge in [0.05, 0.1) is 35.1 Å². The quantitative estimate of drug-likeness (QED) is 0.625. The first kappa shape index (κ1) is 21.0. The van der Waals surface area contributed by atoms with Crippen LogP contribution in [0.3, 0.4) is 0 Å². The van der Waals surface area contributed by atoms with Gasteiger partial charge >= 0.3 is 0 Å². The topological polar surface area (TPSA) is 71.9 Å². The molecule has 0 fully saturated rings. The lowest BCUT2D eigenvalue weighted by atomic mass is 10.3. The first-order valence-corrected chi connectivity index (χ1v) is 9.20. The Hall–Kier alpha value is -2.28. The average Bonchev–Trinajstić information content (AvgIpc) is 2.64. The molecule has 0 saturated carbocycles. The highest BCUT2D eigenvalue weighted by molar-refractivity contribution is 6.39. The second-order valence-corrected chi connectivity index (χ2v) is 6.66. The van der Waals surface area contributed by atoms with Gasteiger partial charge in [-0.05, 0) is 31.2 Å². The summed E-state index contributed by atoms with van der Waals surface area (Å²) >= 11 is 12.1. The summed E-state index contributed by atoms with van der Waals surface area (Å²) in [5.74, 6) is 0.0990. The van der Waals surface area contributed by atoms with Crippen LogP contribution >= 0.6 is 23.2 Å². The fraction of sp³-hybridized carbons (Fsp3) is 0.263. The van der Waals surface area contributed by atoms with Crippen LogP contribution in [0, 0.1) is 0 Å². The van der Waals surface area contributed by atoms with E-state index in [2.05, 4.69) is 10.6 Å². The number of amides is 2. The number of para-hydroxylation sites is 3. The molecular weight excluding hydrogens is 389 g/mol. The van der Waals surface area contributed by atoms with Crippen molar-refractivity contribution in [2.75, 3.05) is 37.4 Å². The van der Waals surface area contributed by atoms with Gasteiger partial charge in [-0.1, -0.05) is 41.4 Å². The molecule has 2 aromatic rings. The first-order valence-electron chi connectivity index (χ1n) is 8.44. The second-order valence-electron chi connectivity index (χ2n) is 5.85. The third kappa shape index (κ3) is 6.13. The number of hydrogen-bond donors (Lipinski definition) is 3. The van der Waals surface area contributed by atoms with Crippen LogP contribution < -0.4 is 20.3 Å². The maximum atomic E-state index is 12.3. The molecule has 2 aromatic carbocycles. The van der Waals surface area contributed by atoms with Crippen LogP contribution in [0.4, 0.5) is 11.4 Å². The zero-order valence-corrected chi connectivity index (χ0v) is 16.7. The largest absolute Gasteiger partial charge is 0.495 e. The van der Waals surface area contributed by atoms with Crippen LogP contribution in [0.5, 0.6) is 5.75 Å². The van der Waals surface area contributed by atoms with Gasteiger partial charge in [0.2, 0.25) is 0 Å².